The van der Waals surface area contributed by atoms with Crippen LogP contribution in [0.25, 0.3) is 0 Å². The van der Waals surface area contributed by atoms with Crippen LogP contribution < -0.4 is 0 Å². The van der Waals surface area contributed by atoms with E-state index >= 15 is 0 Å². The number of hydrogen-bond acceptors (Lipinski definition) is 4. The molecule has 0 amide bonds. The van der Waals surface area contributed by atoms with Crippen LogP contribution in [0.5, 0.6) is 0 Å². The number of hydrogen-bond donors (Lipinski definition) is 0. The van der Waals surface area contributed by atoms with E-state index in [1.54, 1.807) is 16.0 Å². The Bertz CT molecular complexity index is 411. The van der Waals surface area contributed by atoms with E-state index in [1.165, 1.54) is 0 Å². The van der Waals surface area contributed by atoms with Crippen molar-refractivity contribution in [2.24, 2.45) is 0 Å². The van der Waals surface area contributed by atoms with Crippen molar-refractivity contribution in [3.63, 3.8) is 0 Å². The fraction of sp³-hybridized carbons (Fsp3) is 0.444. The maximum atomic E-state index is 6.06. The van der Waals surface area contributed by atoms with E-state index in [9.17, 15) is 0 Å². The number of alkyl halides is 1. The molecule has 0 aliphatic carbocycles. The van der Waals surface area contributed by atoms with Gasteiger partial charge in [0.05, 0.1) is 29.3 Å². The third kappa shape index (κ3) is 2.54. The minimum atomic E-state index is -0.0471. The van der Waals surface area contributed by atoms with Crippen LogP contribution >= 0.6 is 22.9 Å². The summed E-state index contributed by atoms with van der Waals surface area (Å²) >= 11 is 7.63. The van der Waals surface area contributed by atoms with Gasteiger partial charge in [0.15, 0.2) is 0 Å². The zero-order valence-electron chi connectivity index (χ0n) is 8.30. The molecule has 0 saturated carbocycles. The molecular formula is C9H11ClN4S. The summed E-state index contributed by atoms with van der Waals surface area (Å²) < 4.78 is 1.76. The predicted octanol–water partition coefficient (Wildman–Crippen LogP) is 2.47. The Kier molecular flexibility index (Phi) is 3.33. The first-order chi connectivity index (χ1) is 7.29. The smallest absolute Gasteiger partial charge is 0.101 e. The van der Waals surface area contributed by atoms with Gasteiger partial charge in [-0.3, -0.25) is 0 Å². The van der Waals surface area contributed by atoms with Crippen molar-refractivity contribution in [3.05, 3.63) is 28.5 Å². The minimum Gasteiger partial charge on any atom is -0.248 e. The molecule has 1 atom stereocenters. The van der Waals surface area contributed by atoms with Gasteiger partial charge in [0.1, 0.15) is 5.69 Å². The third-order valence-corrected chi connectivity index (χ3v) is 3.21. The average Bonchev–Trinajstić information content (AvgIpc) is 2.88. The second-order valence-corrected chi connectivity index (χ2v) is 4.44. The van der Waals surface area contributed by atoms with Crippen LogP contribution in [0.15, 0.2) is 17.1 Å². The van der Waals surface area contributed by atoms with Crippen molar-refractivity contribution >= 4 is 22.9 Å². The molecule has 0 bridgehead atoms. The average molecular weight is 243 g/mol. The summed E-state index contributed by atoms with van der Waals surface area (Å²) in [7, 11) is 0. The monoisotopic (exact) mass is 242 g/mol. The largest absolute Gasteiger partial charge is 0.248 e. The van der Waals surface area contributed by atoms with Gasteiger partial charge in [-0.15, -0.1) is 28.0 Å². The first-order valence-corrected chi connectivity index (χ1v) is 6.08. The quantitative estimate of drug-likeness (QED) is 0.774. The van der Waals surface area contributed by atoms with E-state index < -0.39 is 0 Å². The summed E-state index contributed by atoms with van der Waals surface area (Å²) in [6, 6.07) is 0. The molecular weight excluding hydrogens is 232 g/mol. The molecule has 2 aromatic rings. The molecule has 0 N–H and O–H groups in total. The number of rotatable bonds is 4. The number of halogens is 1. The summed E-state index contributed by atoms with van der Waals surface area (Å²) in [4.78, 5) is 4.18. The van der Waals surface area contributed by atoms with Gasteiger partial charge in [-0.1, -0.05) is 12.1 Å². The van der Waals surface area contributed by atoms with Crippen molar-refractivity contribution in [1.82, 2.24) is 20.0 Å². The highest BCUT2D eigenvalue weighted by Crippen LogP contribution is 2.20. The molecule has 4 nitrogen and oxygen atoms in total. The zero-order valence-corrected chi connectivity index (χ0v) is 9.87. The fourth-order valence-electron chi connectivity index (χ4n) is 1.22. The lowest BCUT2D eigenvalue weighted by Gasteiger charge is -1.98. The molecule has 0 aromatic carbocycles. The Morgan fingerprint density at radius 2 is 2.47 bits per heavy atom. The second kappa shape index (κ2) is 4.72. The van der Waals surface area contributed by atoms with E-state index in [0.29, 0.717) is 6.54 Å². The van der Waals surface area contributed by atoms with Crippen molar-refractivity contribution in [2.75, 3.05) is 0 Å². The Morgan fingerprint density at radius 3 is 3.13 bits per heavy atom. The van der Waals surface area contributed by atoms with Crippen molar-refractivity contribution in [3.8, 4) is 0 Å². The first kappa shape index (κ1) is 10.6. The van der Waals surface area contributed by atoms with E-state index in [4.69, 9.17) is 11.6 Å². The van der Waals surface area contributed by atoms with Crippen LogP contribution in [-0.2, 0) is 6.54 Å². The molecule has 0 fully saturated rings. The summed E-state index contributed by atoms with van der Waals surface area (Å²) in [6.07, 6.45) is 2.73. The lowest BCUT2D eigenvalue weighted by Crippen LogP contribution is -2.00. The normalized spacial score (nSPS) is 12.9. The van der Waals surface area contributed by atoms with Crippen molar-refractivity contribution < 1.29 is 0 Å². The SMILES string of the molecule is CCC(Cl)c1cn(Cc2cscn2)nn1. The summed E-state index contributed by atoms with van der Waals surface area (Å²) in [6.45, 7) is 2.68. The standard InChI is InChI=1S/C9H11ClN4S/c1-2-8(10)9-4-14(13-12-9)3-7-5-15-6-11-7/h4-6,8H,2-3H2,1H3. The van der Waals surface area contributed by atoms with Crippen LogP contribution in [0.2, 0.25) is 0 Å². The van der Waals surface area contributed by atoms with Gasteiger partial charge >= 0.3 is 0 Å². The lowest BCUT2D eigenvalue weighted by atomic mass is 10.3. The molecule has 0 spiro atoms. The predicted molar refractivity (Wildman–Crippen MR) is 60.1 cm³/mol. The Labute approximate surface area is 96.9 Å². The van der Waals surface area contributed by atoms with Gasteiger partial charge in [0.2, 0.25) is 0 Å². The number of aromatic nitrogens is 4. The van der Waals surface area contributed by atoms with E-state index in [0.717, 1.165) is 17.8 Å². The van der Waals surface area contributed by atoms with Gasteiger partial charge in [-0.25, -0.2) is 9.67 Å². The molecule has 2 rings (SSSR count). The van der Waals surface area contributed by atoms with Crippen LogP contribution in [-0.4, -0.2) is 20.0 Å². The molecule has 0 saturated heterocycles. The molecule has 15 heavy (non-hydrogen) atoms. The fourth-order valence-corrected chi connectivity index (χ4v) is 1.87. The molecule has 2 heterocycles. The molecule has 0 aliphatic heterocycles. The van der Waals surface area contributed by atoms with Crippen molar-refractivity contribution in [1.29, 1.82) is 0 Å². The van der Waals surface area contributed by atoms with Gasteiger partial charge in [-0.05, 0) is 6.42 Å². The maximum absolute atomic E-state index is 6.06. The van der Waals surface area contributed by atoms with Crippen LogP contribution in [0.4, 0.5) is 0 Å². The molecule has 6 heteroatoms. The molecule has 2 aromatic heterocycles. The van der Waals surface area contributed by atoms with Crippen LogP contribution in [0.3, 0.4) is 0 Å². The first-order valence-electron chi connectivity index (χ1n) is 4.70. The zero-order chi connectivity index (χ0) is 10.7. The Balaban J connectivity index is 2.07. The van der Waals surface area contributed by atoms with Gasteiger partial charge < -0.3 is 0 Å². The van der Waals surface area contributed by atoms with E-state index in [1.807, 2.05) is 24.0 Å². The molecule has 0 radical (unpaired) electrons. The number of nitrogens with zero attached hydrogens (tertiary/aromatic N) is 4. The van der Waals surface area contributed by atoms with Gasteiger partial charge in [0.25, 0.3) is 0 Å². The molecule has 1 unspecified atom stereocenters. The molecule has 80 valence electrons. The highest BCUT2D eigenvalue weighted by atomic mass is 35.5. The Morgan fingerprint density at radius 1 is 1.60 bits per heavy atom. The third-order valence-electron chi connectivity index (χ3n) is 2.04. The minimum absolute atomic E-state index is 0.0471. The topological polar surface area (TPSA) is 43.6 Å². The maximum Gasteiger partial charge on any atom is 0.101 e. The lowest BCUT2D eigenvalue weighted by molar-refractivity contribution is 0.640. The van der Waals surface area contributed by atoms with Crippen LogP contribution in [0.1, 0.15) is 30.1 Å². The molecule has 0 aliphatic rings. The highest BCUT2D eigenvalue weighted by molar-refractivity contribution is 7.07. The van der Waals surface area contributed by atoms with Crippen LogP contribution in [0, 0.1) is 0 Å². The van der Waals surface area contributed by atoms with Gasteiger partial charge in [-0.2, -0.15) is 0 Å². The van der Waals surface area contributed by atoms with Crippen molar-refractivity contribution in [2.45, 2.75) is 25.3 Å². The summed E-state index contributed by atoms with van der Waals surface area (Å²) in [5.74, 6) is 0. The summed E-state index contributed by atoms with van der Waals surface area (Å²) in [5.41, 5.74) is 3.64. The highest BCUT2D eigenvalue weighted by Gasteiger charge is 2.10. The Hall–Kier alpha value is -0.940. The number of thiazole rings is 1. The van der Waals surface area contributed by atoms with E-state index in [-0.39, 0.29) is 5.38 Å². The van der Waals surface area contributed by atoms with E-state index in [2.05, 4.69) is 15.3 Å². The second-order valence-electron chi connectivity index (χ2n) is 3.20. The van der Waals surface area contributed by atoms with Gasteiger partial charge in [0, 0.05) is 5.38 Å². The summed E-state index contributed by atoms with van der Waals surface area (Å²) in [5, 5.41) is 9.98.